The monoisotopic (exact) mass is 454 g/mol. The molecule has 2 aromatic rings. The van der Waals surface area contributed by atoms with Crippen LogP contribution in [0, 0.1) is 17.8 Å². The number of terminal acetylenes is 1. The van der Waals surface area contributed by atoms with Crippen molar-refractivity contribution in [2.24, 2.45) is 16.1 Å². The van der Waals surface area contributed by atoms with Crippen molar-refractivity contribution in [1.82, 2.24) is 10.3 Å². The van der Waals surface area contributed by atoms with Crippen LogP contribution in [0.1, 0.15) is 26.3 Å². The molecular formula is C28H30N4O2. The molecule has 0 aliphatic carbocycles. The van der Waals surface area contributed by atoms with Crippen LogP contribution in [-0.2, 0) is 16.1 Å². The molecule has 3 N–H and O–H groups in total. The van der Waals surface area contributed by atoms with Gasteiger partial charge in [-0.1, -0.05) is 55.5 Å². The van der Waals surface area contributed by atoms with Crippen LogP contribution in [-0.4, -0.2) is 16.7 Å². The Hall–Kier alpha value is -4.37. The molecule has 6 nitrogen and oxygen atoms in total. The van der Waals surface area contributed by atoms with Crippen molar-refractivity contribution in [1.29, 1.82) is 0 Å². The second-order valence-electron chi connectivity index (χ2n) is 7.51. The molecule has 1 unspecified atom stereocenters. The number of nitrogens with one attached hydrogen (secondary N) is 1. The third-order valence-electron chi connectivity index (χ3n) is 5.23. The van der Waals surface area contributed by atoms with Crippen molar-refractivity contribution in [3.05, 3.63) is 103 Å². The van der Waals surface area contributed by atoms with Crippen LogP contribution in [0.3, 0.4) is 0 Å². The van der Waals surface area contributed by atoms with Crippen molar-refractivity contribution in [3.63, 3.8) is 0 Å². The van der Waals surface area contributed by atoms with Crippen LogP contribution in [0.15, 0.2) is 102 Å². The Balaban J connectivity index is 2.35. The minimum absolute atomic E-state index is 0.0459. The molecule has 0 bridgehead atoms. The molecule has 0 aliphatic heterocycles. The van der Waals surface area contributed by atoms with Crippen LogP contribution in [0.2, 0.25) is 0 Å². The lowest BCUT2D eigenvalue weighted by Crippen LogP contribution is -2.47. The van der Waals surface area contributed by atoms with Crippen LogP contribution >= 0.6 is 0 Å². The summed E-state index contributed by atoms with van der Waals surface area (Å²) in [4.78, 5) is 22.1. The predicted molar refractivity (Wildman–Crippen MR) is 139 cm³/mol. The number of allylic oxidation sites excluding steroid dienone is 5. The number of benzene rings is 1. The van der Waals surface area contributed by atoms with Crippen molar-refractivity contribution in [3.8, 4) is 12.3 Å². The van der Waals surface area contributed by atoms with Crippen molar-refractivity contribution < 1.29 is 9.53 Å². The van der Waals surface area contributed by atoms with Gasteiger partial charge in [-0.05, 0) is 50.1 Å². The van der Waals surface area contributed by atoms with Gasteiger partial charge < -0.3 is 15.8 Å². The molecule has 0 spiro atoms. The summed E-state index contributed by atoms with van der Waals surface area (Å²) in [5, 5.41) is 3.86. The molecule has 1 atom stereocenters. The smallest absolute Gasteiger partial charge is 0.245 e. The molecule has 0 fully saturated rings. The number of ether oxygens (including phenoxy) is 1. The number of para-hydroxylation sites is 1. The van der Waals surface area contributed by atoms with E-state index in [1.807, 2.05) is 37.3 Å². The molecule has 0 saturated heterocycles. The zero-order valence-electron chi connectivity index (χ0n) is 19.8. The molecule has 174 valence electrons. The van der Waals surface area contributed by atoms with E-state index in [-0.39, 0.29) is 12.4 Å². The number of amides is 1. The Kier molecular flexibility index (Phi) is 9.16. The average Bonchev–Trinajstić information content (AvgIpc) is 2.87. The fourth-order valence-corrected chi connectivity index (χ4v) is 3.01. The lowest BCUT2D eigenvalue weighted by Gasteiger charge is -2.23. The molecule has 0 saturated carbocycles. The summed E-state index contributed by atoms with van der Waals surface area (Å²) >= 11 is 0. The zero-order valence-corrected chi connectivity index (χ0v) is 19.8. The number of aromatic nitrogens is 1. The third kappa shape index (κ3) is 5.90. The first-order valence-corrected chi connectivity index (χ1v) is 10.7. The number of pyridine rings is 1. The minimum atomic E-state index is -1.50. The fourth-order valence-electron chi connectivity index (χ4n) is 3.01. The number of hydrogen-bond donors (Lipinski definition) is 2. The fraction of sp³-hybridized carbons (Fsp3) is 0.179. The number of carbonyl (C=O) groups is 1. The average molecular weight is 455 g/mol. The Morgan fingerprint density at radius 1 is 1.35 bits per heavy atom. The Morgan fingerprint density at radius 2 is 2.09 bits per heavy atom. The highest BCUT2D eigenvalue weighted by Gasteiger charge is 2.36. The highest BCUT2D eigenvalue weighted by Crippen LogP contribution is 2.24. The van der Waals surface area contributed by atoms with Crippen LogP contribution in [0.4, 0.5) is 0 Å². The zero-order chi connectivity index (χ0) is 25.1. The summed E-state index contributed by atoms with van der Waals surface area (Å²) in [5.74, 6) is 2.44. The van der Waals surface area contributed by atoms with E-state index in [1.165, 1.54) is 6.26 Å². The molecule has 1 aromatic heterocycles. The molecule has 6 heteroatoms. The highest BCUT2D eigenvalue weighted by molar-refractivity contribution is 6.10. The van der Waals surface area contributed by atoms with Crippen LogP contribution < -0.4 is 11.1 Å². The van der Waals surface area contributed by atoms with Gasteiger partial charge in [-0.25, -0.2) is 4.99 Å². The van der Waals surface area contributed by atoms with Gasteiger partial charge in [-0.2, -0.15) is 0 Å². The molecule has 0 aliphatic rings. The molecular weight excluding hydrogens is 424 g/mol. The summed E-state index contributed by atoms with van der Waals surface area (Å²) in [7, 11) is 0. The number of nitrogens with zero attached hydrogens (tertiary/aromatic N) is 2. The van der Waals surface area contributed by atoms with E-state index in [0.29, 0.717) is 17.0 Å². The Morgan fingerprint density at radius 3 is 2.74 bits per heavy atom. The standard InChI is InChI=1S/C28H30N4O2/c1-7-11-18-34-23(9-3)24(20(5)8-2)32-26(29)28(6,10-4)27(33)31-19-22-15-12-14-21-16-13-17-30-25(21)22/h4,7-9,11-18H,1-2,19H2,3,5-6H3,(H2,29,32)(H,31,33)/b18-11+,23-9-,24-20+. The molecule has 1 aromatic carbocycles. The predicted octanol–water partition coefficient (Wildman–Crippen LogP) is 4.93. The number of amidine groups is 1. The number of aliphatic imine (C=N–C) groups is 1. The van der Waals surface area contributed by atoms with Gasteiger partial charge in [-0.3, -0.25) is 9.78 Å². The third-order valence-corrected chi connectivity index (χ3v) is 5.23. The van der Waals surface area contributed by atoms with E-state index in [9.17, 15) is 4.79 Å². The summed E-state index contributed by atoms with van der Waals surface area (Å²) in [6.07, 6.45) is 15.5. The van der Waals surface area contributed by atoms with Gasteiger partial charge in [0.05, 0.1) is 11.8 Å². The first-order valence-electron chi connectivity index (χ1n) is 10.7. The summed E-state index contributed by atoms with van der Waals surface area (Å²) in [6, 6.07) is 9.61. The Labute approximate surface area is 201 Å². The lowest BCUT2D eigenvalue weighted by molar-refractivity contribution is -0.125. The van der Waals surface area contributed by atoms with E-state index in [2.05, 4.69) is 34.4 Å². The maximum Gasteiger partial charge on any atom is 0.245 e. The van der Waals surface area contributed by atoms with E-state index in [4.69, 9.17) is 16.9 Å². The van der Waals surface area contributed by atoms with Gasteiger partial charge in [-0.15, -0.1) is 6.42 Å². The number of nitrogens with two attached hydrogens (primary N) is 1. The van der Waals surface area contributed by atoms with E-state index in [0.717, 1.165) is 16.5 Å². The Bertz CT molecular complexity index is 1240. The maximum absolute atomic E-state index is 13.2. The minimum Gasteiger partial charge on any atom is -0.463 e. The van der Waals surface area contributed by atoms with Gasteiger partial charge in [0.2, 0.25) is 5.91 Å². The van der Waals surface area contributed by atoms with Gasteiger partial charge in [0, 0.05) is 18.1 Å². The quantitative estimate of drug-likeness (QED) is 0.175. The van der Waals surface area contributed by atoms with Crippen molar-refractivity contribution in [2.45, 2.75) is 27.3 Å². The number of rotatable bonds is 10. The topological polar surface area (TPSA) is 89.6 Å². The molecule has 0 radical (unpaired) electrons. The number of hydrogen-bond acceptors (Lipinski definition) is 4. The van der Waals surface area contributed by atoms with E-state index >= 15 is 0 Å². The first-order chi connectivity index (χ1) is 16.3. The lowest BCUT2D eigenvalue weighted by atomic mass is 9.88. The maximum atomic E-state index is 13.2. The van der Waals surface area contributed by atoms with E-state index < -0.39 is 11.3 Å². The van der Waals surface area contributed by atoms with Gasteiger partial charge >= 0.3 is 0 Å². The summed E-state index contributed by atoms with van der Waals surface area (Å²) < 4.78 is 5.65. The summed E-state index contributed by atoms with van der Waals surface area (Å²) in [5.41, 5.74) is 7.60. The largest absolute Gasteiger partial charge is 0.463 e. The van der Waals surface area contributed by atoms with Gasteiger partial charge in [0.1, 0.15) is 17.3 Å². The highest BCUT2D eigenvalue weighted by atomic mass is 16.5. The normalized spacial score (nSPS) is 14.6. The SMILES string of the molecule is C#CC(C)(C(=O)NCc1cccc2cccnc12)C(N)=NC(/C(=C/C)O/C=C/C=C)=C(\C)C=C. The second-order valence-corrected chi connectivity index (χ2v) is 7.51. The molecule has 1 heterocycles. The van der Waals surface area contributed by atoms with Crippen LogP contribution in [0.5, 0.6) is 0 Å². The van der Waals surface area contributed by atoms with Crippen molar-refractivity contribution in [2.75, 3.05) is 0 Å². The molecule has 2 rings (SSSR count). The first kappa shape index (κ1) is 25.9. The molecule has 1 amide bonds. The van der Waals surface area contributed by atoms with Gasteiger partial charge in [0.15, 0.2) is 5.41 Å². The second kappa shape index (κ2) is 12.0. The summed E-state index contributed by atoms with van der Waals surface area (Å²) in [6.45, 7) is 12.8. The van der Waals surface area contributed by atoms with E-state index in [1.54, 1.807) is 44.3 Å². The number of fused-ring (bicyclic) bond motifs is 1. The van der Waals surface area contributed by atoms with Crippen molar-refractivity contribution >= 4 is 22.6 Å². The van der Waals surface area contributed by atoms with Crippen LogP contribution in [0.25, 0.3) is 10.9 Å². The molecule has 34 heavy (non-hydrogen) atoms. The number of carbonyl (C=O) groups excluding carboxylic acids is 1. The van der Waals surface area contributed by atoms with Gasteiger partial charge in [0.25, 0.3) is 0 Å².